The fourth-order valence-corrected chi connectivity index (χ4v) is 2.43. The van der Waals surface area contributed by atoms with Crippen LogP contribution in [-0.2, 0) is 6.61 Å². The summed E-state index contributed by atoms with van der Waals surface area (Å²) in [5, 5.41) is 0. The van der Waals surface area contributed by atoms with Gasteiger partial charge in [-0.05, 0) is 32.0 Å². The summed E-state index contributed by atoms with van der Waals surface area (Å²) in [6.45, 7) is 4.24. The molecule has 1 heterocycles. The predicted octanol–water partition coefficient (Wildman–Crippen LogP) is 3.76. The molecule has 2 aromatic rings. The van der Waals surface area contributed by atoms with Gasteiger partial charge in [-0.25, -0.2) is 0 Å². The highest BCUT2D eigenvalue weighted by molar-refractivity contribution is 9.10. The molecule has 5 heteroatoms. The lowest BCUT2D eigenvalue weighted by Gasteiger charge is -2.14. The number of halogens is 1. The van der Waals surface area contributed by atoms with Gasteiger partial charge in [0, 0.05) is 33.9 Å². The van der Waals surface area contributed by atoms with Crippen LogP contribution in [0.5, 0.6) is 11.5 Å². The van der Waals surface area contributed by atoms with E-state index in [0.717, 1.165) is 32.9 Å². The molecule has 0 aliphatic heterocycles. The maximum Gasteiger partial charge on any atom is 0.130 e. The Hall–Kier alpha value is -1.59. The minimum Gasteiger partial charge on any atom is -0.497 e. The summed E-state index contributed by atoms with van der Waals surface area (Å²) < 4.78 is 12.1. The Balaban J connectivity index is 2.18. The third-order valence-electron chi connectivity index (χ3n) is 3.05. The Morgan fingerprint density at radius 3 is 2.71 bits per heavy atom. The number of nitrogens with zero attached hydrogens (tertiary/aromatic N) is 1. The van der Waals surface area contributed by atoms with E-state index in [2.05, 4.69) is 20.9 Å². The van der Waals surface area contributed by atoms with Crippen LogP contribution in [0.2, 0.25) is 0 Å². The molecule has 0 radical (unpaired) electrons. The lowest BCUT2D eigenvalue weighted by atomic mass is 10.1. The number of benzene rings is 1. The predicted molar refractivity (Wildman–Crippen MR) is 86.6 cm³/mol. The third kappa shape index (κ3) is 4.19. The number of ether oxygens (including phenoxy) is 2. The number of aromatic nitrogens is 1. The van der Waals surface area contributed by atoms with Crippen molar-refractivity contribution < 1.29 is 9.47 Å². The zero-order valence-electron chi connectivity index (χ0n) is 12.4. The first kappa shape index (κ1) is 15.8. The monoisotopic (exact) mass is 350 g/mol. The molecule has 0 fully saturated rings. The van der Waals surface area contributed by atoms with E-state index in [1.54, 1.807) is 7.11 Å². The van der Waals surface area contributed by atoms with Crippen molar-refractivity contribution in [2.45, 2.75) is 26.5 Å². The Morgan fingerprint density at radius 2 is 2.05 bits per heavy atom. The van der Waals surface area contributed by atoms with Crippen LogP contribution < -0.4 is 15.2 Å². The largest absolute Gasteiger partial charge is 0.497 e. The van der Waals surface area contributed by atoms with Crippen molar-refractivity contribution in [1.29, 1.82) is 0 Å². The quantitative estimate of drug-likeness (QED) is 0.891. The zero-order valence-corrected chi connectivity index (χ0v) is 14.0. The van der Waals surface area contributed by atoms with Crippen molar-refractivity contribution in [2.24, 2.45) is 5.73 Å². The van der Waals surface area contributed by atoms with Crippen molar-refractivity contribution in [3.8, 4) is 11.5 Å². The van der Waals surface area contributed by atoms with Crippen molar-refractivity contribution in [3.63, 3.8) is 0 Å². The molecule has 0 amide bonds. The second-order valence-electron chi connectivity index (χ2n) is 4.90. The average Bonchev–Trinajstić information content (AvgIpc) is 2.45. The van der Waals surface area contributed by atoms with Gasteiger partial charge in [0.15, 0.2) is 0 Å². The molecule has 1 atom stereocenters. The fraction of sp³-hybridized carbons (Fsp3) is 0.312. The van der Waals surface area contributed by atoms with E-state index in [4.69, 9.17) is 15.2 Å². The summed E-state index contributed by atoms with van der Waals surface area (Å²) in [5.74, 6) is 1.56. The Bertz CT molecular complexity index is 630. The van der Waals surface area contributed by atoms with E-state index in [0.29, 0.717) is 6.61 Å². The number of aryl methyl sites for hydroxylation is 1. The first-order valence-corrected chi connectivity index (χ1v) is 7.48. The van der Waals surface area contributed by atoms with Crippen LogP contribution in [0.4, 0.5) is 0 Å². The van der Waals surface area contributed by atoms with E-state index in [-0.39, 0.29) is 6.04 Å². The van der Waals surface area contributed by atoms with E-state index in [9.17, 15) is 0 Å². The summed E-state index contributed by atoms with van der Waals surface area (Å²) >= 11 is 3.45. The SMILES string of the molecule is COc1cc(C)nc(COc2ccc(Br)cc2C(C)N)c1. The van der Waals surface area contributed by atoms with Gasteiger partial charge in [-0.1, -0.05) is 15.9 Å². The number of hydrogen-bond acceptors (Lipinski definition) is 4. The fourth-order valence-electron chi connectivity index (χ4n) is 2.05. The number of hydrogen-bond donors (Lipinski definition) is 1. The van der Waals surface area contributed by atoms with Gasteiger partial charge in [0.05, 0.1) is 12.8 Å². The van der Waals surface area contributed by atoms with Crippen LogP contribution in [0.3, 0.4) is 0 Å². The van der Waals surface area contributed by atoms with Crippen LogP contribution >= 0.6 is 15.9 Å². The summed E-state index contributed by atoms with van der Waals surface area (Å²) in [7, 11) is 1.64. The van der Waals surface area contributed by atoms with Crippen molar-refractivity contribution in [3.05, 3.63) is 51.8 Å². The molecule has 0 aliphatic carbocycles. The molecular weight excluding hydrogens is 332 g/mol. The maximum absolute atomic E-state index is 5.99. The van der Waals surface area contributed by atoms with Gasteiger partial charge in [0.1, 0.15) is 18.1 Å². The highest BCUT2D eigenvalue weighted by Crippen LogP contribution is 2.28. The van der Waals surface area contributed by atoms with Crippen LogP contribution in [0.15, 0.2) is 34.8 Å². The third-order valence-corrected chi connectivity index (χ3v) is 3.55. The number of rotatable bonds is 5. The summed E-state index contributed by atoms with van der Waals surface area (Å²) in [5.41, 5.74) is 8.67. The summed E-state index contributed by atoms with van der Waals surface area (Å²) in [6.07, 6.45) is 0. The molecule has 4 nitrogen and oxygen atoms in total. The normalized spacial score (nSPS) is 12.0. The topological polar surface area (TPSA) is 57.4 Å². The molecule has 0 spiro atoms. The summed E-state index contributed by atoms with van der Waals surface area (Å²) in [4.78, 5) is 4.44. The van der Waals surface area contributed by atoms with E-state index in [1.807, 2.05) is 44.2 Å². The van der Waals surface area contributed by atoms with Gasteiger partial charge >= 0.3 is 0 Å². The first-order chi connectivity index (χ1) is 9.99. The molecule has 21 heavy (non-hydrogen) atoms. The standard InChI is InChI=1S/C16H19BrN2O2/c1-10-6-14(20-3)8-13(19-10)9-21-16-5-4-12(17)7-15(16)11(2)18/h4-8,11H,9,18H2,1-3H3. The molecule has 1 unspecified atom stereocenters. The molecule has 0 saturated heterocycles. The second-order valence-corrected chi connectivity index (χ2v) is 5.81. The average molecular weight is 351 g/mol. The Labute approximate surface area is 133 Å². The van der Waals surface area contributed by atoms with Crippen molar-refractivity contribution in [1.82, 2.24) is 4.98 Å². The second kappa shape index (κ2) is 6.91. The van der Waals surface area contributed by atoms with E-state index < -0.39 is 0 Å². The van der Waals surface area contributed by atoms with Crippen molar-refractivity contribution >= 4 is 15.9 Å². The number of nitrogens with two attached hydrogens (primary N) is 1. The lowest BCUT2D eigenvalue weighted by molar-refractivity contribution is 0.295. The summed E-state index contributed by atoms with van der Waals surface area (Å²) in [6, 6.07) is 9.48. The smallest absolute Gasteiger partial charge is 0.130 e. The highest BCUT2D eigenvalue weighted by Gasteiger charge is 2.10. The van der Waals surface area contributed by atoms with Crippen LogP contribution in [0.25, 0.3) is 0 Å². The molecule has 0 aliphatic rings. The van der Waals surface area contributed by atoms with Gasteiger partial charge in [0.25, 0.3) is 0 Å². The van der Waals surface area contributed by atoms with Crippen molar-refractivity contribution in [2.75, 3.05) is 7.11 Å². The molecule has 2 rings (SSSR count). The minimum absolute atomic E-state index is 0.0995. The van der Waals surface area contributed by atoms with Crippen LogP contribution in [-0.4, -0.2) is 12.1 Å². The van der Waals surface area contributed by atoms with Crippen LogP contribution in [0.1, 0.15) is 29.9 Å². The molecule has 112 valence electrons. The van der Waals surface area contributed by atoms with Gasteiger partial charge in [0.2, 0.25) is 0 Å². The first-order valence-electron chi connectivity index (χ1n) is 6.69. The Kier molecular flexibility index (Phi) is 5.20. The minimum atomic E-state index is -0.0995. The zero-order chi connectivity index (χ0) is 15.4. The maximum atomic E-state index is 5.99. The van der Waals surface area contributed by atoms with Gasteiger partial charge in [-0.2, -0.15) is 0 Å². The number of pyridine rings is 1. The van der Waals surface area contributed by atoms with E-state index >= 15 is 0 Å². The van der Waals surface area contributed by atoms with Gasteiger partial charge in [-0.15, -0.1) is 0 Å². The highest BCUT2D eigenvalue weighted by atomic mass is 79.9. The van der Waals surface area contributed by atoms with Crippen LogP contribution in [0, 0.1) is 6.92 Å². The molecule has 2 N–H and O–H groups in total. The molecular formula is C16H19BrN2O2. The molecule has 1 aromatic carbocycles. The number of methoxy groups -OCH3 is 1. The Morgan fingerprint density at radius 1 is 1.29 bits per heavy atom. The molecule has 1 aromatic heterocycles. The molecule has 0 saturated carbocycles. The molecule has 0 bridgehead atoms. The van der Waals surface area contributed by atoms with Gasteiger partial charge in [-0.3, -0.25) is 4.98 Å². The van der Waals surface area contributed by atoms with Gasteiger partial charge < -0.3 is 15.2 Å². The van der Waals surface area contributed by atoms with E-state index in [1.165, 1.54) is 0 Å². The lowest BCUT2D eigenvalue weighted by Crippen LogP contribution is -2.09.